The SMILES string of the molecule is Cc1[nH]c(=O)n(CCC(=O)n2c(=O)oc3ccc(N)cc32)c1C. The third-order valence-corrected chi connectivity index (χ3v) is 3.89. The number of imidazole rings is 1. The Morgan fingerprint density at radius 3 is 2.70 bits per heavy atom. The molecule has 8 heteroatoms. The molecule has 0 atom stereocenters. The second kappa shape index (κ2) is 5.31. The first kappa shape index (κ1) is 14.9. The second-order valence-electron chi connectivity index (χ2n) is 5.37. The minimum atomic E-state index is -0.759. The first-order chi connectivity index (χ1) is 10.9. The highest BCUT2D eigenvalue weighted by Gasteiger charge is 2.17. The van der Waals surface area contributed by atoms with Crippen molar-refractivity contribution in [3.63, 3.8) is 0 Å². The van der Waals surface area contributed by atoms with Crippen LogP contribution in [0, 0.1) is 13.8 Å². The van der Waals surface area contributed by atoms with Gasteiger partial charge in [-0.15, -0.1) is 0 Å². The molecule has 1 aromatic carbocycles. The minimum Gasteiger partial charge on any atom is -0.407 e. The Morgan fingerprint density at radius 1 is 1.30 bits per heavy atom. The van der Waals surface area contributed by atoms with E-state index in [2.05, 4.69) is 4.98 Å². The van der Waals surface area contributed by atoms with Gasteiger partial charge in [0.2, 0.25) is 5.91 Å². The zero-order chi connectivity index (χ0) is 16.7. The van der Waals surface area contributed by atoms with Gasteiger partial charge >= 0.3 is 11.4 Å². The normalized spacial score (nSPS) is 11.2. The summed E-state index contributed by atoms with van der Waals surface area (Å²) >= 11 is 0. The quantitative estimate of drug-likeness (QED) is 0.700. The molecule has 0 aliphatic carbocycles. The summed E-state index contributed by atoms with van der Waals surface area (Å²) in [5, 5.41) is 0. The molecule has 23 heavy (non-hydrogen) atoms. The van der Waals surface area contributed by atoms with Crippen LogP contribution in [0.25, 0.3) is 11.1 Å². The van der Waals surface area contributed by atoms with E-state index in [-0.39, 0.29) is 18.7 Å². The summed E-state index contributed by atoms with van der Waals surface area (Å²) in [6.45, 7) is 3.75. The van der Waals surface area contributed by atoms with Crippen LogP contribution in [-0.4, -0.2) is 20.0 Å². The van der Waals surface area contributed by atoms with E-state index in [1.54, 1.807) is 26.0 Å². The number of hydrogen-bond donors (Lipinski definition) is 2. The number of nitrogen functional groups attached to an aromatic ring is 1. The number of aromatic amines is 1. The van der Waals surface area contributed by atoms with Gasteiger partial charge in [0.15, 0.2) is 5.58 Å². The fourth-order valence-electron chi connectivity index (χ4n) is 2.53. The van der Waals surface area contributed by atoms with Crippen LogP contribution >= 0.6 is 0 Å². The Balaban J connectivity index is 1.92. The number of rotatable bonds is 3. The van der Waals surface area contributed by atoms with Gasteiger partial charge in [-0.05, 0) is 32.0 Å². The average molecular weight is 316 g/mol. The Labute approximate surface area is 130 Å². The van der Waals surface area contributed by atoms with E-state index >= 15 is 0 Å². The summed E-state index contributed by atoms with van der Waals surface area (Å²) in [6, 6.07) is 4.64. The van der Waals surface area contributed by atoms with E-state index in [0.29, 0.717) is 16.8 Å². The molecule has 0 saturated heterocycles. The number of H-pyrrole nitrogens is 1. The van der Waals surface area contributed by atoms with Crippen molar-refractivity contribution in [2.75, 3.05) is 5.73 Å². The standard InChI is InChI=1S/C15H16N4O4/c1-8-9(2)18(14(21)17-8)6-5-13(20)19-11-7-10(16)3-4-12(11)23-15(19)22/h3-4,7H,5-6,16H2,1-2H3,(H,17,21). The fraction of sp³-hybridized carbons (Fsp3) is 0.267. The van der Waals surface area contributed by atoms with Gasteiger partial charge < -0.3 is 15.1 Å². The number of aryl methyl sites for hydroxylation is 1. The Morgan fingerprint density at radius 2 is 2.04 bits per heavy atom. The van der Waals surface area contributed by atoms with Crippen LogP contribution in [0.4, 0.5) is 5.69 Å². The Hall–Kier alpha value is -3.03. The van der Waals surface area contributed by atoms with Gasteiger partial charge in [-0.2, -0.15) is 0 Å². The highest BCUT2D eigenvalue weighted by molar-refractivity contribution is 5.90. The van der Waals surface area contributed by atoms with E-state index in [1.165, 1.54) is 10.6 Å². The van der Waals surface area contributed by atoms with Gasteiger partial charge in [0.1, 0.15) is 5.52 Å². The average Bonchev–Trinajstić information content (AvgIpc) is 2.93. The summed E-state index contributed by atoms with van der Waals surface area (Å²) in [5.74, 6) is -1.21. The molecule has 2 aromatic heterocycles. The number of anilines is 1. The number of aromatic nitrogens is 3. The van der Waals surface area contributed by atoms with Crippen molar-refractivity contribution in [2.24, 2.45) is 0 Å². The maximum atomic E-state index is 12.4. The number of nitrogens with one attached hydrogen (secondary N) is 1. The van der Waals surface area contributed by atoms with Crippen molar-refractivity contribution in [1.82, 2.24) is 14.1 Å². The van der Waals surface area contributed by atoms with Gasteiger partial charge in [-0.1, -0.05) is 0 Å². The van der Waals surface area contributed by atoms with Crippen molar-refractivity contribution in [3.8, 4) is 0 Å². The lowest BCUT2D eigenvalue weighted by Gasteiger charge is -2.04. The van der Waals surface area contributed by atoms with Crippen molar-refractivity contribution < 1.29 is 9.21 Å². The Kier molecular flexibility index (Phi) is 3.44. The van der Waals surface area contributed by atoms with E-state index < -0.39 is 11.7 Å². The van der Waals surface area contributed by atoms with Crippen LogP contribution in [0.5, 0.6) is 0 Å². The van der Waals surface area contributed by atoms with E-state index in [9.17, 15) is 14.4 Å². The predicted octanol–water partition coefficient (Wildman–Crippen LogP) is 1.01. The molecular weight excluding hydrogens is 300 g/mol. The van der Waals surface area contributed by atoms with Crippen LogP contribution in [-0.2, 0) is 6.54 Å². The molecule has 0 radical (unpaired) electrons. The smallest absolute Gasteiger partial charge is 0.407 e. The highest BCUT2D eigenvalue weighted by atomic mass is 16.4. The molecule has 0 saturated carbocycles. The Bertz CT molecular complexity index is 1020. The first-order valence-electron chi connectivity index (χ1n) is 7.09. The van der Waals surface area contributed by atoms with Crippen LogP contribution < -0.4 is 17.2 Å². The third kappa shape index (κ3) is 2.48. The second-order valence-corrected chi connectivity index (χ2v) is 5.37. The number of nitrogens with zero attached hydrogens (tertiary/aromatic N) is 2. The molecule has 0 spiro atoms. The molecule has 8 nitrogen and oxygen atoms in total. The monoisotopic (exact) mass is 316 g/mol. The summed E-state index contributed by atoms with van der Waals surface area (Å²) < 4.78 is 7.45. The molecule has 0 bridgehead atoms. The molecule has 0 aliphatic rings. The minimum absolute atomic E-state index is 0.0125. The summed E-state index contributed by atoms with van der Waals surface area (Å²) in [7, 11) is 0. The number of benzene rings is 1. The van der Waals surface area contributed by atoms with Crippen molar-refractivity contribution in [2.45, 2.75) is 26.8 Å². The van der Waals surface area contributed by atoms with Crippen molar-refractivity contribution in [1.29, 1.82) is 0 Å². The number of carbonyl (C=O) groups is 1. The van der Waals surface area contributed by atoms with Gasteiger partial charge in [0.25, 0.3) is 0 Å². The lowest BCUT2D eigenvalue weighted by atomic mass is 10.3. The summed E-state index contributed by atoms with van der Waals surface area (Å²) in [4.78, 5) is 38.7. The number of carbonyl (C=O) groups excluding carboxylic acids is 1. The zero-order valence-electron chi connectivity index (χ0n) is 12.8. The van der Waals surface area contributed by atoms with E-state index in [1.807, 2.05) is 0 Å². The van der Waals surface area contributed by atoms with Crippen LogP contribution in [0.1, 0.15) is 22.6 Å². The lowest BCUT2D eigenvalue weighted by molar-refractivity contribution is 0.0892. The first-order valence-corrected chi connectivity index (χ1v) is 7.09. The van der Waals surface area contributed by atoms with Crippen molar-refractivity contribution in [3.05, 3.63) is 50.6 Å². The molecule has 3 aromatic rings. The maximum Gasteiger partial charge on any atom is 0.426 e. The van der Waals surface area contributed by atoms with Gasteiger partial charge in [-0.25, -0.2) is 14.2 Å². The van der Waals surface area contributed by atoms with Crippen LogP contribution in [0.2, 0.25) is 0 Å². The van der Waals surface area contributed by atoms with Crippen LogP contribution in [0.15, 0.2) is 32.2 Å². The maximum absolute atomic E-state index is 12.4. The number of nitrogens with two attached hydrogens (primary N) is 1. The fourth-order valence-corrected chi connectivity index (χ4v) is 2.53. The zero-order valence-corrected chi connectivity index (χ0v) is 12.8. The largest absolute Gasteiger partial charge is 0.426 e. The van der Waals surface area contributed by atoms with Gasteiger partial charge in [-0.3, -0.25) is 9.36 Å². The molecule has 0 amide bonds. The molecule has 120 valence electrons. The molecule has 3 rings (SSSR count). The van der Waals surface area contributed by atoms with E-state index in [4.69, 9.17) is 10.2 Å². The molecule has 2 heterocycles. The lowest BCUT2D eigenvalue weighted by Crippen LogP contribution is -2.26. The van der Waals surface area contributed by atoms with Crippen LogP contribution in [0.3, 0.4) is 0 Å². The van der Waals surface area contributed by atoms with E-state index in [0.717, 1.165) is 16.0 Å². The summed E-state index contributed by atoms with van der Waals surface area (Å²) in [5.41, 5.74) is 7.97. The van der Waals surface area contributed by atoms with Gasteiger partial charge in [0.05, 0.1) is 0 Å². The molecular formula is C15H16N4O4. The third-order valence-electron chi connectivity index (χ3n) is 3.89. The number of fused-ring (bicyclic) bond motifs is 1. The number of hydrogen-bond acceptors (Lipinski definition) is 5. The van der Waals surface area contributed by atoms with Crippen molar-refractivity contribution >= 4 is 22.7 Å². The summed E-state index contributed by atoms with van der Waals surface area (Å²) in [6.07, 6.45) is -0.0125. The predicted molar refractivity (Wildman–Crippen MR) is 84.7 cm³/mol. The topological polar surface area (TPSA) is 116 Å². The molecule has 0 aliphatic heterocycles. The number of oxazole rings is 1. The molecule has 3 N–H and O–H groups in total. The van der Waals surface area contributed by atoms with Gasteiger partial charge in [0, 0.05) is 30.0 Å². The molecule has 0 unspecified atom stereocenters. The highest BCUT2D eigenvalue weighted by Crippen LogP contribution is 2.16. The molecule has 0 fully saturated rings.